The van der Waals surface area contributed by atoms with Gasteiger partial charge in [-0.3, -0.25) is 0 Å². The molecule has 0 N–H and O–H groups in total. The summed E-state index contributed by atoms with van der Waals surface area (Å²) in [6, 6.07) is 10.7. The van der Waals surface area contributed by atoms with Gasteiger partial charge in [0.05, 0.1) is 0 Å². The highest BCUT2D eigenvalue weighted by atomic mass is 14.2. The molecule has 2 rings (SSSR count). The number of allylic oxidation sites excluding steroid dienone is 5. The molecule has 1 aromatic rings. The quantitative estimate of drug-likeness (QED) is 0.682. The van der Waals surface area contributed by atoms with Gasteiger partial charge in [-0.05, 0) is 29.6 Å². The Labute approximate surface area is 98.0 Å². The maximum absolute atomic E-state index is 4.08. The minimum absolute atomic E-state index is 0.537. The Kier molecular flexibility index (Phi) is 3.40. The van der Waals surface area contributed by atoms with E-state index in [0.29, 0.717) is 5.92 Å². The van der Waals surface area contributed by atoms with Crippen LogP contribution in [0.3, 0.4) is 0 Å². The number of hydrogen-bond donors (Lipinski definition) is 0. The molecule has 0 nitrogen and oxygen atoms in total. The van der Waals surface area contributed by atoms with Crippen LogP contribution in [0, 0.1) is 0 Å². The van der Waals surface area contributed by atoms with Crippen molar-refractivity contribution in [1.29, 1.82) is 0 Å². The Balaban J connectivity index is 2.09. The summed E-state index contributed by atoms with van der Waals surface area (Å²) in [7, 11) is 0. The average Bonchev–Trinajstić information content (AvgIpc) is 2.39. The zero-order valence-electron chi connectivity index (χ0n) is 9.82. The smallest absolute Gasteiger partial charge is 0.00561 e. The van der Waals surface area contributed by atoms with Gasteiger partial charge in [-0.1, -0.05) is 62.1 Å². The molecule has 0 spiro atoms. The Hall–Kier alpha value is -1.56. The molecule has 0 heteroatoms. The SMILES string of the molecule is C=C(CC)C1=CCC(c2ccccc2)C=C1. The van der Waals surface area contributed by atoms with Crippen LogP contribution in [-0.2, 0) is 0 Å². The molecule has 82 valence electrons. The molecule has 1 unspecified atom stereocenters. The van der Waals surface area contributed by atoms with Gasteiger partial charge in [0.25, 0.3) is 0 Å². The molecule has 1 atom stereocenters. The van der Waals surface area contributed by atoms with E-state index in [1.165, 1.54) is 16.7 Å². The van der Waals surface area contributed by atoms with Crippen molar-refractivity contribution < 1.29 is 0 Å². The molecule has 0 amide bonds. The van der Waals surface area contributed by atoms with E-state index in [4.69, 9.17) is 0 Å². The van der Waals surface area contributed by atoms with Crippen LogP contribution in [0.5, 0.6) is 0 Å². The van der Waals surface area contributed by atoms with Gasteiger partial charge < -0.3 is 0 Å². The van der Waals surface area contributed by atoms with Gasteiger partial charge in [0.15, 0.2) is 0 Å². The molecule has 0 fully saturated rings. The molecule has 0 aliphatic heterocycles. The zero-order chi connectivity index (χ0) is 11.4. The maximum atomic E-state index is 4.08. The Bertz CT molecular complexity index is 421. The second kappa shape index (κ2) is 4.98. The van der Waals surface area contributed by atoms with Crippen LogP contribution in [0.25, 0.3) is 0 Å². The molecule has 0 heterocycles. The van der Waals surface area contributed by atoms with Crippen LogP contribution in [0.4, 0.5) is 0 Å². The molecular weight excluding hydrogens is 192 g/mol. The molecular formula is C16H18. The van der Waals surface area contributed by atoms with E-state index >= 15 is 0 Å². The molecule has 0 aromatic heterocycles. The zero-order valence-corrected chi connectivity index (χ0v) is 9.82. The van der Waals surface area contributed by atoms with Crippen molar-refractivity contribution >= 4 is 0 Å². The molecule has 0 radical (unpaired) electrons. The third kappa shape index (κ3) is 2.33. The van der Waals surface area contributed by atoms with Gasteiger partial charge >= 0.3 is 0 Å². The van der Waals surface area contributed by atoms with Crippen molar-refractivity contribution in [2.45, 2.75) is 25.7 Å². The van der Waals surface area contributed by atoms with Crippen LogP contribution >= 0.6 is 0 Å². The lowest BCUT2D eigenvalue weighted by Gasteiger charge is -2.17. The first-order valence-electron chi connectivity index (χ1n) is 5.92. The molecule has 1 aromatic carbocycles. The van der Waals surface area contributed by atoms with Crippen LogP contribution < -0.4 is 0 Å². The van der Waals surface area contributed by atoms with E-state index in [-0.39, 0.29) is 0 Å². The minimum atomic E-state index is 0.537. The summed E-state index contributed by atoms with van der Waals surface area (Å²) in [4.78, 5) is 0. The van der Waals surface area contributed by atoms with Crippen molar-refractivity contribution in [2.24, 2.45) is 0 Å². The van der Waals surface area contributed by atoms with E-state index in [1.807, 2.05) is 0 Å². The van der Waals surface area contributed by atoms with Crippen LogP contribution in [0.2, 0.25) is 0 Å². The van der Waals surface area contributed by atoms with Crippen molar-refractivity contribution in [3.05, 3.63) is 71.8 Å². The summed E-state index contributed by atoms with van der Waals surface area (Å²) in [5.74, 6) is 0.537. The second-order valence-electron chi connectivity index (χ2n) is 4.23. The predicted molar refractivity (Wildman–Crippen MR) is 70.5 cm³/mol. The third-order valence-electron chi connectivity index (χ3n) is 3.16. The van der Waals surface area contributed by atoms with E-state index in [0.717, 1.165) is 12.8 Å². The van der Waals surface area contributed by atoms with Gasteiger partial charge in [0.1, 0.15) is 0 Å². The van der Waals surface area contributed by atoms with E-state index < -0.39 is 0 Å². The van der Waals surface area contributed by atoms with Crippen molar-refractivity contribution in [3.8, 4) is 0 Å². The van der Waals surface area contributed by atoms with Crippen LogP contribution in [-0.4, -0.2) is 0 Å². The van der Waals surface area contributed by atoms with Crippen LogP contribution in [0.1, 0.15) is 31.2 Å². The largest absolute Gasteiger partial charge is 0.0953 e. The molecule has 16 heavy (non-hydrogen) atoms. The first kappa shape index (κ1) is 10.9. The molecule has 1 aliphatic rings. The van der Waals surface area contributed by atoms with Crippen molar-refractivity contribution in [3.63, 3.8) is 0 Å². The average molecular weight is 210 g/mol. The van der Waals surface area contributed by atoms with Crippen molar-refractivity contribution in [1.82, 2.24) is 0 Å². The predicted octanol–water partition coefficient (Wildman–Crippen LogP) is 4.62. The highest BCUT2D eigenvalue weighted by molar-refractivity contribution is 5.42. The molecule has 0 saturated carbocycles. The fourth-order valence-corrected chi connectivity index (χ4v) is 2.03. The van der Waals surface area contributed by atoms with E-state index in [9.17, 15) is 0 Å². The fourth-order valence-electron chi connectivity index (χ4n) is 2.03. The first-order chi connectivity index (χ1) is 7.81. The summed E-state index contributed by atoms with van der Waals surface area (Å²) >= 11 is 0. The monoisotopic (exact) mass is 210 g/mol. The summed E-state index contributed by atoms with van der Waals surface area (Å²) in [5.41, 5.74) is 3.95. The lowest BCUT2D eigenvalue weighted by atomic mass is 9.88. The number of rotatable bonds is 3. The Morgan fingerprint density at radius 3 is 2.62 bits per heavy atom. The van der Waals surface area contributed by atoms with Gasteiger partial charge in [-0.25, -0.2) is 0 Å². The standard InChI is InChI=1S/C16H18/c1-3-13(2)14-9-11-16(12-10-14)15-7-5-4-6-8-15/h4-11,16H,2-3,12H2,1H3. The van der Waals surface area contributed by atoms with E-state index in [2.05, 4.69) is 62.1 Å². The minimum Gasteiger partial charge on any atom is -0.0953 e. The van der Waals surface area contributed by atoms with Gasteiger partial charge in [0.2, 0.25) is 0 Å². The summed E-state index contributed by atoms with van der Waals surface area (Å²) in [6.45, 7) is 6.23. The fraction of sp³-hybridized carbons (Fsp3) is 0.250. The Morgan fingerprint density at radius 2 is 2.06 bits per heavy atom. The molecule has 0 saturated heterocycles. The Morgan fingerprint density at radius 1 is 1.31 bits per heavy atom. The summed E-state index contributed by atoms with van der Waals surface area (Å²) < 4.78 is 0. The third-order valence-corrected chi connectivity index (χ3v) is 3.16. The van der Waals surface area contributed by atoms with Gasteiger partial charge in [0, 0.05) is 5.92 Å². The summed E-state index contributed by atoms with van der Waals surface area (Å²) in [5, 5.41) is 0. The lowest BCUT2D eigenvalue weighted by Crippen LogP contribution is -1.99. The molecule has 1 aliphatic carbocycles. The normalized spacial score (nSPS) is 19.3. The maximum Gasteiger partial charge on any atom is 0.00561 e. The van der Waals surface area contributed by atoms with E-state index in [1.54, 1.807) is 0 Å². The highest BCUT2D eigenvalue weighted by Crippen LogP contribution is 2.29. The topological polar surface area (TPSA) is 0 Å². The van der Waals surface area contributed by atoms with Crippen LogP contribution in [0.15, 0.2) is 66.3 Å². The highest BCUT2D eigenvalue weighted by Gasteiger charge is 2.11. The van der Waals surface area contributed by atoms with Gasteiger partial charge in [-0.2, -0.15) is 0 Å². The lowest BCUT2D eigenvalue weighted by molar-refractivity contribution is 0.844. The first-order valence-corrected chi connectivity index (χ1v) is 5.92. The van der Waals surface area contributed by atoms with Crippen molar-refractivity contribution in [2.75, 3.05) is 0 Å². The molecule has 0 bridgehead atoms. The summed E-state index contributed by atoms with van der Waals surface area (Å²) in [6.07, 6.45) is 8.95. The van der Waals surface area contributed by atoms with Gasteiger partial charge in [-0.15, -0.1) is 0 Å². The number of benzene rings is 1. The second-order valence-corrected chi connectivity index (χ2v) is 4.23. The number of hydrogen-bond acceptors (Lipinski definition) is 0.